The summed E-state index contributed by atoms with van der Waals surface area (Å²) < 4.78 is 5.14. The Morgan fingerprint density at radius 1 is 1.25 bits per heavy atom. The van der Waals surface area contributed by atoms with Crippen LogP contribution in [0.5, 0.6) is 5.75 Å². The van der Waals surface area contributed by atoms with E-state index in [0.717, 1.165) is 11.3 Å². The predicted octanol–water partition coefficient (Wildman–Crippen LogP) is 3.55. The smallest absolute Gasteiger partial charge is 0.341 e. The van der Waals surface area contributed by atoms with Crippen molar-refractivity contribution in [3.8, 4) is 5.75 Å². The molecule has 3 aromatic rings. The maximum Gasteiger partial charge on any atom is 0.341 e. The highest BCUT2D eigenvalue weighted by molar-refractivity contribution is 5.97. The van der Waals surface area contributed by atoms with E-state index >= 15 is 0 Å². The van der Waals surface area contributed by atoms with Crippen molar-refractivity contribution in [2.45, 2.75) is 13.5 Å². The molecule has 1 aromatic heterocycles. The van der Waals surface area contributed by atoms with Crippen LogP contribution in [0.1, 0.15) is 11.3 Å². The quantitative estimate of drug-likeness (QED) is 0.493. The minimum Gasteiger partial charge on any atom is -0.482 e. The fraction of sp³-hybridized carbons (Fsp3) is 0.200. The number of fused-ring (bicyclic) bond motifs is 1. The number of carboxylic acid groups (broad SMARTS) is 1. The lowest BCUT2D eigenvalue weighted by Crippen LogP contribution is -2.17. The highest BCUT2D eigenvalue weighted by Gasteiger charge is 2.17. The number of hydrogen-bond acceptors (Lipinski definition) is 6. The lowest BCUT2D eigenvalue weighted by molar-refractivity contribution is -0.383. The maximum atomic E-state index is 11.3. The average molecular weight is 381 g/mol. The number of aliphatic carboxylic acids is 1. The number of aromatic nitrogens is 1. The summed E-state index contributed by atoms with van der Waals surface area (Å²) in [5.74, 6) is -0.549. The van der Waals surface area contributed by atoms with Crippen LogP contribution in [0, 0.1) is 17.0 Å². The van der Waals surface area contributed by atoms with Crippen LogP contribution in [0.2, 0.25) is 0 Å². The second kappa shape index (κ2) is 7.91. The zero-order valence-electron chi connectivity index (χ0n) is 15.5. The van der Waals surface area contributed by atoms with E-state index in [1.165, 1.54) is 6.07 Å². The molecule has 0 radical (unpaired) electrons. The van der Waals surface area contributed by atoms with Crippen LogP contribution in [-0.2, 0) is 11.3 Å². The number of non-ortho nitro benzene ring substituents is 1. The van der Waals surface area contributed by atoms with Crippen LogP contribution in [0.4, 0.5) is 11.4 Å². The molecule has 1 N–H and O–H groups in total. The predicted molar refractivity (Wildman–Crippen MR) is 105 cm³/mol. The third-order valence-corrected chi connectivity index (χ3v) is 4.24. The van der Waals surface area contributed by atoms with Gasteiger partial charge in [-0.3, -0.25) is 10.1 Å². The van der Waals surface area contributed by atoms with Gasteiger partial charge in [-0.15, -0.1) is 0 Å². The Kier molecular flexibility index (Phi) is 5.39. The van der Waals surface area contributed by atoms with E-state index in [-0.39, 0.29) is 12.3 Å². The number of pyridine rings is 1. The first-order valence-electron chi connectivity index (χ1n) is 8.54. The van der Waals surface area contributed by atoms with Crippen molar-refractivity contribution in [1.82, 2.24) is 4.98 Å². The van der Waals surface area contributed by atoms with Gasteiger partial charge in [-0.25, -0.2) is 9.78 Å². The van der Waals surface area contributed by atoms with E-state index in [0.29, 0.717) is 28.9 Å². The van der Waals surface area contributed by atoms with Gasteiger partial charge < -0.3 is 14.7 Å². The zero-order valence-corrected chi connectivity index (χ0v) is 15.5. The van der Waals surface area contributed by atoms with Gasteiger partial charge in [-0.05, 0) is 30.7 Å². The molecule has 0 spiro atoms. The lowest BCUT2D eigenvalue weighted by Gasteiger charge is -2.22. The molecule has 0 amide bonds. The standard InChI is InChI=1S/C20H19N3O5/c1-13-10-18(16-4-3-5-17(23(26)27)20(16)21-13)22(2)11-14-6-8-15(9-7-14)28-12-19(24)25/h3-10H,11-12H2,1-2H3,(H,24,25). The molecular formula is C20H19N3O5. The third kappa shape index (κ3) is 4.17. The fourth-order valence-electron chi connectivity index (χ4n) is 3.00. The second-order valence-corrected chi connectivity index (χ2v) is 6.40. The van der Waals surface area contributed by atoms with Crippen molar-refractivity contribution >= 4 is 28.2 Å². The molecule has 28 heavy (non-hydrogen) atoms. The number of carboxylic acids is 1. The van der Waals surface area contributed by atoms with Gasteiger partial charge in [0, 0.05) is 36.4 Å². The van der Waals surface area contributed by atoms with Gasteiger partial charge in [-0.1, -0.05) is 24.3 Å². The summed E-state index contributed by atoms with van der Waals surface area (Å²) in [7, 11) is 1.90. The molecule has 0 aliphatic rings. The molecule has 0 aliphatic heterocycles. The largest absolute Gasteiger partial charge is 0.482 e. The number of anilines is 1. The first-order valence-corrected chi connectivity index (χ1v) is 8.54. The first kappa shape index (κ1) is 19.1. The molecule has 8 nitrogen and oxygen atoms in total. The Morgan fingerprint density at radius 3 is 2.61 bits per heavy atom. The van der Waals surface area contributed by atoms with Gasteiger partial charge in [0.15, 0.2) is 12.1 Å². The normalized spacial score (nSPS) is 10.6. The highest BCUT2D eigenvalue weighted by Crippen LogP contribution is 2.32. The second-order valence-electron chi connectivity index (χ2n) is 6.40. The van der Waals surface area contributed by atoms with Crippen LogP contribution < -0.4 is 9.64 Å². The van der Waals surface area contributed by atoms with E-state index in [1.54, 1.807) is 18.2 Å². The van der Waals surface area contributed by atoms with Gasteiger partial charge in [0.2, 0.25) is 0 Å². The molecule has 0 saturated carbocycles. The molecule has 0 saturated heterocycles. The minimum absolute atomic E-state index is 0.0178. The number of rotatable bonds is 7. The van der Waals surface area contributed by atoms with Gasteiger partial charge in [0.05, 0.1) is 4.92 Å². The fourth-order valence-corrected chi connectivity index (χ4v) is 3.00. The molecule has 1 heterocycles. The molecule has 0 unspecified atom stereocenters. The van der Waals surface area contributed by atoms with E-state index < -0.39 is 10.9 Å². The Balaban J connectivity index is 1.87. The molecule has 0 fully saturated rings. The van der Waals surface area contributed by atoms with Crippen LogP contribution >= 0.6 is 0 Å². The summed E-state index contributed by atoms with van der Waals surface area (Å²) in [6, 6.07) is 14.0. The Morgan fingerprint density at radius 2 is 1.96 bits per heavy atom. The number of aryl methyl sites for hydroxylation is 1. The summed E-state index contributed by atoms with van der Waals surface area (Å²) in [5.41, 5.74) is 2.87. The number of nitro benzene ring substituents is 1. The van der Waals surface area contributed by atoms with Crippen LogP contribution in [0.3, 0.4) is 0 Å². The molecule has 0 aliphatic carbocycles. The Hall–Kier alpha value is -3.68. The monoisotopic (exact) mass is 381 g/mol. The number of nitro groups is 1. The van der Waals surface area contributed by atoms with Gasteiger partial charge in [0.25, 0.3) is 5.69 Å². The van der Waals surface area contributed by atoms with Crippen LogP contribution in [0.25, 0.3) is 10.9 Å². The van der Waals surface area contributed by atoms with Gasteiger partial charge in [0.1, 0.15) is 5.75 Å². The molecule has 0 atom stereocenters. The van der Waals surface area contributed by atoms with E-state index in [2.05, 4.69) is 4.98 Å². The summed E-state index contributed by atoms with van der Waals surface area (Å²) in [6.07, 6.45) is 0. The van der Waals surface area contributed by atoms with Crippen molar-refractivity contribution in [3.05, 3.63) is 69.9 Å². The van der Waals surface area contributed by atoms with Crippen molar-refractivity contribution < 1.29 is 19.6 Å². The molecule has 3 rings (SSSR count). The molecular weight excluding hydrogens is 362 g/mol. The summed E-state index contributed by atoms with van der Waals surface area (Å²) in [5, 5.41) is 20.7. The summed E-state index contributed by atoms with van der Waals surface area (Å²) in [6.45, 7) is 1.98. The molecule has 0 bridgehead atoms. The van der Waals surface area contributed by atoms with Crippen molar-refractivity contribution in [2.75, 3.05) is 18.6 Å². The first-order chi connectivity index (χ1) is 13.3. The van der Waals surface area contributed by atoms with E-state index in [4.69, 9.17) is 9.84 Å². The Labute approximate surface area is 161 Å². The van der Waals surface area contributed by atoms with Crippen LogP contribution in [0.15, 0.2) is 48.5 Å². The summed E-state index contributed by atoms with van der Waals surface area (Å²) >= 11 is 0. The lowest BCUT2D eigenvalue weighted by atomic mass is 10.1. The van der Waals surface area contributed by atoms with Crippen LogP contribution in [-0.4, -0.2) is 34.6 Å². The number of ether oxygens (including phenoxy) is 1. The Bertz CT molecular complexity index is 1030. The van der Waals surface area contributed by atoms with Crippen molar-refractivity contribution in [1.29, 1.82) is 0 Å². The van der Waals surface area contributed by atoms with Crippen molar-refractivity contribution in [3.63, 3.8) is 0 Å². The number of benzene rings is 2. The number of carbonyl (C=O) groups is 1. The molecule has 2 aromatic carbocycles. The average Bonchev–Trinajstić information content (AvgIpc) is 2.66. The highest BCUT2D eigenvalue weighted by atomic mass is 16.6. The topological polar surface area (TPSA) is 106 Å². The third-order valence-electron chi connectivity index (χ3n) is 4.24. The van der Waals surface area contributed by atoms with E-state index in [1.807, 2.05) is 43.1 Å². The number of hydrogen-bond donors (Lipinski definition) is 1. The summed E-state index contributed by atoms with van der Waals surface area (Å²) in [4.78, 5) is 27.8. The SMILES string of the molecule is Cc1cc(N(C)Cc2ccc(OCC(=O)O)cc2)c2cccc([N+](=O)[O-])c2n1. The minimum atomic E-state index is -1.03. The molecule has 8 heteroatoms. The maximum absolute atomic E-state index is 11.3. The van der Waals surface area contributed by atoms with Gasteiger partial charge in [-0.2, -0.15) is 0 Å². The number of nitrogens with zero attached hydrogens (tertiary/aromatic N) is 3. The van der Waals surface area contributed by atoms with E-state index in [9.17, 15) is 14.9 Å². The molecule has 144 valence electrons. The number of para-hydroxylation sites is 1. The van der Waals surface area contributed by atoms with Crippen molar-refractivity contribution in [2.24, 2.45) is 0 Å². The zero-order chi connectivity index (χ0) is 20.3. The van der Waals surface area contributed by atoms with Gasteiger partial charge >= 0.3 is 5.97 Å².